The molecule has 19 heavy (non-hydrogen) atoms. The summed E-state index contributed by atoms with van der Waals surface area (Å²) >= 11 is 6.15. The smallest absolute Gasteiger partial charge is 0.124 e. The van der Waals surface area contributed by atoms with E-state index in [1.165, 1.54) is 31.4 Å². The molecule has 3 atom stereocenters. The Bertz CT molecular complexity index is 421. The van der Waals surface area contributed by atoms with Crippen molar-refractivity contribution in [2.24, 2.45) is 11.8 Å². The monoisotopic (exact) mass is 283 g/mol. The summed E-state index contributed by atoms with van der Waals surface area (Å²) in [5.74, 6) is 1.22. The van der Waals surface area contributed by atoms with Crippen molar-refractivity contribution in [1.29, 1.82) is 0 Å². The van der Waals surface area contributed by atoms with E-state index in [0.29, 0.717) is 17.0 Å². The molecule has 1 N–H and O–H groups in total. The summed E-state index contributed by atoms with van der Waals surface area (Å²) in [5.41, 5.74) is 1.05. The van der Waals surface area contributed by atoms with Crippen LogP contribution in [0.2, 0.25) is 5.02 Å². The maximum absolute atomic E-state index is 13.1. The van der Waals surface area contributed by atoms with Gasteiger partial charge in [-0.25, -0.2) is 4.39 Å². The van der Waals surface area contributed by atoms with Crippen LogP contribution in [0.15, 0.2) is 18.2 Å². The summed E-state index contributed by atoms with van der Waals surface area (Å²) in [4.78, 5) is 0. The van der Waals surface area contributed by atoms with E-state index in [9.17, 15) is 4.39 Å². The van der Waals surface area contributed by atoms with Gasteiger partial charge < -0.3 is 5.32 Å². The van der Waals surface area contributed by atoms with Crippen LogP contribution in [0, 0.1) is 17.7 Å². The van der Waals surface area contributed by atoms with Crippen LogP contribution in [0.25, 0.3) is 0 Å². The van der Waals surface area contributed by atoms with Crippen molar-refractivity contribution < 1.29 is 4.39 Å². The lowest BCUT2D eigenvalue weighted by Crippen LogP contribution is -2.39. The number of benzene rings is 1. The normalized spacial score (nSPS) is 24.6. The second kappa shape index (κ2) is 6.71. The van der Waals surface area contributed by atoms with Gasteiger partial charge in [0.15, 0.2) is 0 Å². The molecule has 0 aliphatic heterocycles. The zero-order chi connectivity index (χ0) is 13.8. The van der Waals surface area contributed by atoms with Crippen molar-refractivity contribution in [2.45, 2.75) is 45.6 Å². The molecule has 0 heterocycles. The summed E-state index contributed by atoms with van der Waals surface area (Å²) in [5, 5.41) is 4.14. The first-order chi connectivity index (χ1) is 9.11. The molecule has 0 radical (unpaired) electrons. The molecule has 3 unspecified atom stereocenters. The molecule has 0 spiro atoms. The molecule has 1 nitrogen and oxygen atoms in total. The van der Waals surface area contributed by atoms with E-state index in [0.717, 1.165) is 24.4 Å². The lowest BCUT2D eigenvalue weighted by molar-refractivity contribution is 0.298. The third-order valence-corrected chi connectivity index (χ3v) is 4.72. The van der Waals surface area contributed by atoms with E-state index < -0.39 is 0 Å². The van der Waals surface area contributed by atoms with E-state index in [4.69, 9.17) is 11.6 Å². The second-order valence-corrected chi connectivity index (χ2v) is 6.08. The predicted octanol–water partition coefficient (Wildman–Crippen LogP) is 4.44. The Morgan fingerprint density at radius 1 is 1.42 bits per heavy atom. The molecule has 106 valence electrons. The number of nitrogens with one attached hydrogen (secondary N) is 1. The lowest BCUT2D eigenvalue weighted by Gasteiger charge is -2.28. The van der Waals surface area contributed by atoms with Crippen molar-refractivity contribution in [1.82, 2.24) is 5.32 Å². The third kappa shape index (κ3) is 3.70. The van der Waals surface area contributed by atoms with Gasteiger partial charge in [-0.05, 0) is 48.9 Å². The number of hydrogen-bond donors (Lipinski definition) is 1. The summed E-state index contributed by atoms with van der Waals surface area (Å²) in [7, 11) is 0. The summed E-state index contributed by atoms with van der Waals surface area (Å²) < 4.78 is 13.1. The summed E-state index contributed by atoms with van der Waals surface area (Å²) in [6, 6.07) is 5.19. The van der Waals surface area contributed by atoms with Gasteiger partial charge in [-0.2, -0.15) is 0 Å². The zero-order valence-electron chi connectivity index (χ0n) is 11.8. The molecule has 1 aromatic carbocycles. The van der Waals surface area contributed by atoms with Gasteiger partial charge in [0, 0.05) is 11.1 Å². The first-order valence-corrected chi connectivity index (χ1v) is 7.67. The molecule has 1 aliphatic rings. The first kappa shape index (κ1) is 14.8. The standard InChI is InChI=1S/C16H23ClFN/c1-3-19-16(14-6-4-5-11(14)2)9-12-7-8-13(18)10-15(12)17/h7-8,10-11,14,16,19H,3-6,9H2,1-2H3. The Morgan fingerprint density at radius 3 is 2.79 bits per heavy atom. The average molecular weight is 284 g/mol. The molecule has 1 fully saturated rings. The molecular formula is C16H23ClFN. The van der Waals surface area contributed by atoms with Crippen molar-refractivity contribution in [3.8, 4) is 0 Å². The average Bonchev–Trinajstić information content (AvgIpc) is 2.78. The van der Waals surface area contributed by atoms with E-state index >= 15 is 0 Å². The van der Waals surface area contributed by atoms with Crippen LogP contribution >= 0.6 is 11.6 Å². The fourth-order valence-electron chi connectivity index (χ4n) is 3.33. The van der Waals surface area contributed by atoms with Crippen LogP contribution in [0.1, 0.15) is 38.7 Å². The quantitative estimate of drug-likeness (QED) is 0.843. The summed E-state index contributed by atoms with van der Waals surface area (Å²) in [6.45, 7) is 5.44. The highest BCUT2D eigenvalue weighted by atomic mass is 35.5. The molecule has 1 aromatic rings. The molecule has 1 saturated carbocycles. The number of rotatable bonds is 5. The van der Waals surface area contributed by atoms with E-state index in [-0.39, 0.29) is 5.82 Å². The molecule has 0 saturated heterocycles. The van der Waals surface area contributed by atoms with Crippen LogP contribution < -0.4 is 5.32 Å². The van der Waals surface area contributed by atoms with Gasteiger partial charge in [0.05, 0.1) is 0 Å². The van der Waals surface area contributed by atoms with Gasteiger partial charge in [-0.15, -0.1) is 0 Å². The fourth-order valence-corrected chi connectivity index (χ4v) is 3.58. The molecule has 3 heteroatoms. The van der Waals surface area contributed by atoms with E-state index in [1.807, 2.05) is 6.07 Å². The van der Waals surface area contributed by atoms with Crippen LogP contribution in [0.5, 0.6) is 0 Å². The third-order valence-electron chi connectivity index (χ3n) is 4.37. The second-order valence-electron chi connectivity index (χ2n) is 5.68. The number of halogens is 2. The van der Waals surface area contributed by atoms with Gasteiger partial charge in [0.25, 0.3) is 0 Å². The molecule has 0 bridgehead atoms. The fraction of sp³-hybridized carbons (Fsp3) is 0.625. The highest BCUT2D eigenvalue weighted by Crippen LogP contribution is 2.35. The molecular weight excluding hydrogens is 261 g/mol. The predicted molar refractivity (Wildman–Crippen MR) is 79.1 cm³/mol. The SMILES string of the molecule is CCNC(Cc1ccc(F)cc1Cl)C1CCCC1C. The first-order valence-electron chi connectivity index (χ1n) is 7.29. The van der Waals surface area contributed by atoms with Gasteiger partial charge in [-0.1, -0.05) is 44.4 Å². The Hall–Kier alpha value is -0.600. The van der Waals surface area contributed by atoms with Crippen molar-refractivity contribution in [3.63, 3.8) is 0 Å². The van der Waals surface area contributed by atoms with Crippen LogP contribution in [-0.4, -0.2) is 12.6 Å². The minimum Gasteiger partial charge on any atom is -0.314 e. The maximum Gasteiger partial charge on any atom is 0.124 e. The Morgan fingerprint density at radius 2 is 2.21 bits per heavy atom. The molecule has 2 rings (SSSR count). The van der Waals surface area contributed by atoms with E-state index in [2.05, 4.69) is 19.2 Å². The van der Waals surface area contributed by atoms with E-state index in [1.54, 1.807) is 0 Å². The molecule has 1 aliphatic carbocycles. The lowest BCUT2D eigenvalue weighted by atomic mass is 9.86. The largest absolute Gasteiger partial charge is 0.314 e. The van der Waals surface area contributed by atoms with Crippen molar-refractivity contribution in [3.05, 3.63) is 34.6 Å². The van der Waals surface area contributed by atoms with Crippen LogP contribution in [0.3, 0.4) is 0 Å². The van der Waals surface area contributed by atoms with Gasteiger partial charge >= 0.3 is 0 Å². The number of hydrogen-bond acceptors (Lipinski definition) is 1. The number of likely N-dealkylation sites (N-methyl/N-ethyl adjacent to an activating group) is 1. The molecule has 0 amide bonds. The highest BCUT2D eigenvalue weighted by molar-refractivity contribution is 6.31. The Labute approximate surface area is 120 Å². The van der Waals surface area contributed by atoms with Crippen molar-refractivity contribution in [2.75, 3.05) is 6.54 Å². The Kier molecular flexibility index (Phi) is 5.23. The topological polar surface area (TPSA) is 12.0 Å². The highest BCUT2D eigenvalue weighted by Gasteiger charge is 2.30. The zero-order valence-corrected chi connectivity index (χ0v) is 12.5. The molecule has 0 aromatic heterocycles. The van der Waals surface area contributed by atoms with Gasteiger partial charge in [0.1, 0.15) is 5.82 Å². The maximum atomic E-state index is 13.1. The summed E-state index contributed by atoms with van der Waals surface area (Å²) in [6.07, 6.45) is 4.83. The van der Waals surface area contributed by atoms with Crippen LogP contribution in [-0.2, 0) is 6.42 Å². The Balaban J connectivity index is 2.11. The van der Waals surface area contributed by atoms with Crippen LogP contribution in [0.4, 0.5) is 4.39 Å². The minimum atomic E-state index is -0.261. The van der Waals surface area contributed by atoms with Gasteiger partial charge in [-0.3, -0.25) is 0 Å². The van der Waals surface area contributed by atoms with Crippen molar-refractivity contribution >= 4 is 11.6 Å². The van der Waals surface area contributed by atoms with Gasteiger partial charge in [0.2, 0.25) is 0 Å². The minimum absolute atomic E-state index is 0.261.